The van der Waals surface area contributed by atoms with Gasteiger partial charge in [0.05, 0.1) is 5.69 Å². The SMILES string of the molecule is Cc1ccc(C(=O)Cc2c(C)nn(C)c2C)cn1. The van der Waals surface area contributed by atoms with Crippen LogP contribution in [0.1, 0.15) is 33.0 Å². The van der Waals surface area contributed by atoms with Gasteiger partial charge in [0.15, 0.2) is 5.78 Å². The van der Waals surface area contributed by atoms with E-state index in [9.17, 15) is 4.79 Å². The van der Waals surface area contributed by atoms with Crippen LogP contribution in [0.3, 0.4) is 0 Å². The quantitative estimate of drug-likeness (QED) is 0.776. The molecule has 0 atom stereocenters. The molecule has 0 aliphatic heterocycles. The van der Waals surface area contributed by atoms with E-state index in [-0.39, 0.29) is 5.78 Å². The number of Topliss-reactive ketones (excluding diaryl/α,β-unsaturated/α-hetero) is 1. The maximum Gasteiger partial charge on any atom is 0.168 e. The molecule has 0 radical (unpaired) electrons. The van der Waals surface area contributed by atoms with Gasteiger partial charge in [-0.1, -0.05) is 0 Å². The first-order valence-corrected chi connectivity index (χ1v) is 5.94. The first-order valence-electron chi connectivity index (χ1n) is 5.94. The van der Waals surface area contributed by atoms with Gasteiger partial charge in [0, 0.05) is 42.2 Å². The van der Waals surface area contributed by atoms with Gasteiger partial charge in [0.2, 0.25) is 0 Å². The van der Waals surface area contributed by atoms with Crippen molar-refractivity contribution in [3.05, 3.63) is 46.5 Å². The Morgan fingerprint density at radius 2 is 2.00 bits per heavy atom. The van der Waals surface area contributed by atoms with E-state index in [2.05, 4.69) is 10.1 Å². The smallest absolute Gasteiger partial charge is 0.168 e. The van der Waals surface area contributed by atoms with E-state index in [1.807, 2.05) is 44.6 Å². The highest BCUT2D eigenvalue weighted by atomic mass is 16.1. The zero-order chi connectivity index (χ0) is 13.3. The van der Waals surface area contributed by atoms with Crippen LogP contribution in [0.2, 0.25) is 0 Å². The van der Waals surface area contributed by atoms with Gasteiger partial charge in [-0.25, -0.2) is 0 Å². The standard InChI is InChI=1S/C14H17N3O/c1-9-5-6-12(8-15-9)14(18)7-13-10(2)16-17(4)11(13)3/h5-6,8H,7H2,1-4H3. The molecule has 0 unspecified atom stereocenters. The van der Waals surface area contributed by atoms with Crippen LogP contribution in [-0.4, -0.2) is 20.5 Å². The van der Waals surface area contributed by atoms with Gasteiger partial charge in [0.1, 0.15) is 0 Å². The second kappa shape index (κ2) is 4.72. The van der Waals surface area contributed by atoms with E-state index in [0.717, 1.165) is 22.6 Å². The highest BCUT2D eigenvalue weighted by molar-refractivity contribution is 5.97. The fourth-order valence-electron chi connectivity index (χ4n) is 1.97. The van der Waals surface area contributed by atoms with Crippen LogP contribution in [0, 0.1) is 20.8 Å². The molecule has 2 heterocycles. The first-order chi connectivity index (χ1) is 8.49. The Labute approximate surface area is 107 Å². The van der Waals surface area contributed by atoms with Gasteiger partial charge in [-0.3, -0.25) is 14.5 Å². The van der Waals surface area contributed by atoms with Crippen molar-refractivity contribution in [3.8, 4) is 0 Å². The fourth-order valence-corrected chi connectivity index (χ4v) is 1.97. The molecule has 2 aromatic rings. The number of ketones is 1. The van der Waals surface area contributed by atoms with Crippen molar-refractivity contribution in [3.63, 3.8) is 0 Å². The molecule has 94 valence electrons. The van der Waals surface area contributed by atoms with Crippen LogP contribution in [0.15, 0.2) is 18.3 Å². The summed E-state index contributed by atoms with van der Waals surface area (Å²) in [6.07, 6.45) is 2.02. The summed E-state index contributed by atoms with van der Waals surface area (Å²) in [6, 6.07) is 3.68. The first kappa shape index (κ1) is 12.5. The van der Waals surface area contributed by atoms with Crippen molar-refractivity contribution in [2.45, 2.75) is 27.2 Å². The Bertz CT molecular complexity index is 582. The van der Waals surface area contributed by atoms with Crippen molar-refractivity contribution in [2.75, 3.05) is 0 Å². The Morgan fingerprint density at radius 3 is 2.50 bits per heavy atom. The minimum absolute atomic E-state index is 0.0849. The summed E-state index contributed by atoms with van der Waals surface area (Å²) in [6.45, 7) is 5.82. The number of aryl methyl sites for hydroxylation is 3. The molecular weight excluding hydrogens is 226 g/mol. The molecule has 0 saturated carbocycles. The van der Waals surface area contributed by atoms with Crippen molar-refractivity contribution < 1.29 is 4.79 Å². The maximum atomic E-state index is 12.2. The lowest BCUT2D eigenvalue weighted by Gasteiger charge is -2.02. The molecule has 0 N–H and O–H groups in total. The number of rotatable bonds is 3. The summed E-state index contributed by atoms with van der Waals surface area (Å²) in [4.78, 5) is 16.3. The zero-order valence-electron chi connectivity index (χ0n) is 11.2. The second-order valence-corrected chi connectivity index (χ2v) is 4.56. The topological polar surface area (TPSA) is 47.8 Å². The molecule has 4 nitrogen and oxygen atoms in total. The number of hydrogen-bond acceptors (Lipinski definition) is 3. The lowest BCUT2D eigenvalue weighted by molar-refractivity contribution is 0.0992. The number of aromatic nitrogens is 3. The Hall–Kier alpha value is -1.97. The van der Waals surface area contributed by atoms with Crippen LogP contribution in [0.5, 0.6) is 0 Å². The highest BCUT2D eigenvalue weighted by Gasteiger charge is 2.14. The monoisotopic (exact) mass is 243 g/mol. The Morgan fingerprint density at radius 1 is 1.28 bits per heavy atom. The average molecular weight is 243 g/mol. The molecule has 0 bridgehead atoms. The molecule has 0 aliphatic carbocycles. The molecule has 0 aliphatic rings. The van der Waals surface area contributed by atoms with Gasteiger partial charge in [-0.05, 0) is 32.9 Å². The third kappa shape index (κ3) is 2.32. The molecule has 0 aromatic carbocycles. The van der Waals surface area contributed by atoms with Crippen LogP contribution in [-0.2, 0) is 13.5 Å². The largest absolute Gasteiger partial charge is 0.294 e. The highest BCUT2D eigenvalue weighted by Crippen LogP contribution is 2.15. The molecule has 0 spiro atoms. The fraction of sp³-hybridized carbons (Fsp3) is 0.357. The lowest BCUT2D eigenvalue weighted by atomic mass is 10.0. The van der Waals surface area contributed by atoms with Gasteiger partial charge in [-0.2, -0.15) is 5.10 Å². The summed E-state index contributed by atoms with van der Waals surface area (Å²) >= 11 is 0. The third-order valence-corrected chi connectivity index (χ3v) is 3.23. The van der Waals surface area contributed by atoms with E-state index >= 15 is 0 Å². The number of nitrogens with zero attached hydrogens (tertiary/aromatic N) is 3. The van der Waals surface area contributed by atoms with Crippen molar-refractivity contribution in [2.24, 2.45) is 7.05 Å². The predicted octanol–water partition coefficient (Wildman–Crippen LogP) is 2.17. The minimum atomic E-state index is 0.0849. The Balaban J connectivity index is 2.24. The van der Waals surface area contributed by atoms with Gasteiger partial charge in [0.25, 0.3) is 0 Å². The zero-order valence-corrected chi connectivity index (χ0v) is 11.2. The van der Waals surface area contributed by atoms with Gasteiger partial charge < -0.3 is 0 Å². The molecule has 0 amide bonds. The van der Waals surface area contributed by atoms with E-state index < -0.39 is 0 Å². The predicted molar refractivity (Wildman–Crippen MR) is 69.7 cm³/mol. The van der Waals surface area contributed by atoms with E-state index in [0.29, 0.717) is 12.0 Å². The molecule has 2 rings (SSSR count). The second-order valence-electron chi connectivity index (χ2n) is 4.56. The molecule has 2 aromatic heterocycles. The maximum absolute atomic E-state index is 12.2. The molecule has 0 fully saturated rings. The minimum Gasteiger partial charge on any atom is -0.294 e. The van der Waals surface area contributed by atoms with Crippen molar-refractivity contribution in [1.29, 1.82) is 0 Å². The van der Waals surface area contributed by atoms with Crippen molar-refractivity contribution in [1.82, 2.24) is 14.8 Å². The van der Waals surface area contributed by atoms with Crippen LogP contribution in [0.4, 0.5) is 0 Å². The summed E-state index contributed by atoms with van der Waals surface area (Å²) in [7, 11) is 1.89. The van der Waals surface area contributed by atoms with E-state index in [4.69, 9.17) is 0 Å². The number of hydrogen-bond donors (Lipinski definition) is 0. The molecular formula is C14H17N3O. The normalized spacial score (nSPS) is 10.7. The summed E-state index contributed by atoms with van der Waals surface area (Å²) in [5.74, 6) is 0.0849. The Kier molecular flexibility index (Phi) is 3.28. The number of carbonyl (C=O) groups is 1. The van der Waals surface area contributed by atoms with Crippen LogP contribution >= 0.6 is 0 Å². The average Bonchev–Trinajstić information content (AvgIpc) is 2.57. The van der Waals surface area contributed by atoms with Gasteiger partial charge in [-0.15, -0.1) is 0 Å². The van der Waals surface area contributed by atoms with Gasteiger partial charge >= 0.3 is 0 Å². The lowest BCUT2D eigenvalue weighted by Crippen LogP contribution is -2.06. The molecule has 4 heteroatoms. The summed E-state index contributed by atoms with van der Waals surface area (Å²) < 4.78 is 1.81. The summed E-state index contributed by atoms with van der Waals surface area (Å²) in [5.41, 5.74) is 4.55. The van der Waals surface area contributed by atoms with Crippen LogP contribution < -0.4 is 0 Å². The molecule has 0 saturated heterocycles. The van der Waals surface area contributed by atoms with Crippen molar-refractivity contribution >= 4 is 5.78 Å². The van der Waals surface area contributed by atoms with E-state index in [1.54, 1.807) is 6.20 Å². The number of carbonyl (C=O) groups excluding carboxylic acids is 1. The van der Waals surface area contributed by atoms with E-state index in [1.165, 1.54) is 0 Å². The summed E-state index contributed by atoms with van der Waals surface area (Å²) in [5, 5.41) is 4.32. The third-order valence-electron chi connectivity index (χ3n) is 3.23. The number of pyridine rings is 1. The van der Waals surface area contributed by atoms with Crippen LogP contribution in [0.25, 0.3) is 0 Å². The molecule has 18 heavy (non-hydrogen) atoms.